The molecule has 2 N–H and O–H groups in total. The van der Waals surface area contributed by atoms with Crippen LogP contribution in [0, 0.1) is 6.92 Å². The summed E-state index contributed by atoms with van der Waals surface area (Å²) < 4.78 is 10.6. The Morgan fingerprint density at radius 1 is 1.09 bits per heavy atom. The van der Waals surface area contributed by atoms with Gasteiger partial charge in [0.25, 0.3) is 5.91 Å². The van der Waals surface area contributed by atoms with Crippen LogP contribution in [-0.4, -0.2) is 65.2 Å². The van der Waals surface area contributed by atoms with E-state index in [9.17, 15) is 9.59 Å². The molecule has 9 nitrogen and oxygen atoms in total. The number of rotatable bonds is 7. The van der Waals surface area contributed by atoms with Gasteiger partial charge in [-0.15, -0.1) is 0 Å². The fourth-order valence-electron chi connectivity index (χ4n) is 4.04. The predicted molar refractivity (Wildman–Crippen MR) is 121 cm³/mol. The summed E-state index contributed by atoms with van der Waals surface area (Å²) in [5.74, 6) is 2.06. The number of hydrogen-bond donors (Lipinski definition) is 2. The Labute approximate surface area is 192 Å². The number of H-pyrrole nitrogens is 1. The van der Waals surface area contributed by atoms with Gasteiger partial charge in [-0.1, -0.05) is 18.2 Å². The molecule has 1 fully saturated rings. The van der Waals surface area contributed by atoms with E-state index in [1.54, 1.807) is 37.3 Å². The largest absolute Gasteiger partial charge is 0.497 e. The maximum atomic E-state index is 13.2. The number of methoxy groups -OCH3 is 2. The quantitative estimate of drug-likeness (QED) is 0.572. The summed E-state index contributed by atoms with van der Waals surface area (Å²) in [4.78, 5) is 32.2. The van der Waals surface area contributed by atoms with Gasteiger partial charge in [0.2, 0.25) is 5.91 Å². The second kappa shape index (κ2) is 9.72. The summed E-state index contributed by atoms with van der Waals surface area (Å²) >= 11 is 0. The number of hydrogen-bond acceptors (Lipinski definition) is 6. The number of carbonyl (C=O) groups is 2. The Hall–Kier alpha value is -3.88. The highest BCUT2D eigenvalue weighted by Gasteiger charge is 2.39. The van der Waals surface area contributed by atoms with Crippen LogP contribution in [0.4, 0.5) is 0 Å². The van der Waals surface area contributed by atoms with E-state index in [-0.39, 0.29) is 30.2 Å². The molecule has 172 valence electrons. The number of aromatic nitrogens is 3. The number of benzene rings is 2. The van der Waals surface area contributed by atoms with Crippen LogP contribution in [-0.2, 0) is 11.2 Å². The summed E-state index contributed by atoms with van der Waals surface area (Å²) in [7, 11) is 3.15. The van der Waals surface area contributed by atoms with Crippen LogP contribution in [0.25, 0.3) is 0 Å². The monoisotopic (exact) mass is 449 g/mol. The van der Waals surface area contributed by atoms with E-state index < -0.39 is 0 Å². The number of nitrogens with one attached hydrogen (secondary N) is 2. The normalized spacial score (nSPS) is 17.6. The van der Waals surface area contributed by atoms with E-state index >= 15 is 0 Å². The Morgan fingerprint density at radius 3 is 2.39 bits per heavy atom. The lowest BCUT2D eigenvalue weighted by Gasteiger charge is -2.18. The van der Waals surface area contributed by atoms with E-state index in [0.29, 0.717) is 41.8 Å². The minimum Gasteiger partial charge on any atom is -0.497 e. The molecule has 2 atom stereocenters. The third-order valence-corrected chi connectivity index (χ3v) is 5.74. The van der Waals surface area contributed by atoms with Crippen LogP contribution in [0.3, 0.4) is 0 Å². The fraction of sp³-hybridized carbons (Fsp3) is 0.333. The van der Waals surface area contributed by atoms with Crippen molar-refractivity contribution < 1.29 is 19.1 Å². The number of amides is 2. The molecule has 2 amide bonds. The molecule has 0 unspecified atom stereocenters. The molecule has 2 heterocycles. The molecule has 0 spiro atoms. The molecule has 1 aliphatic heterocycles. The number of likely N-dealkylation sites (tertiary alicyclic amines) is 1. The minimum absolute atomic E-state index is 0.0565. The van der Waals surface area contributed by atoms with Crippen LogP contribution in [0.2, 0.25) is 0 Å². The number of ether oxygens (including phenoxy) is 2. The van der Waals surface area contributed by atoms with Crippen molar-refractivity contribution in [2.75, 3.05) is 27.3 Å². The molecule has 1 saturated heterocycles. The summed E-state index contributed by atoms with van der Waals surface area (Å²) in [6.07, 6.45) is 0.187. The van der Waals surface area contributed by atoms with Gasteiger partial charge in [-0.25, -0.2) is 4.98 Å². The van der Waals surface area contributed by atoms with Gasteiger partial charge in [-0.05, 0) is 36.8 Å². The fourth-order valence-corrected chi connectivity index (χ4v) is 4.04. The summed E-state index contributed by atoms with van der Waals surface area (Å²) in [5, 5.41) is 10.2. The van der Waals surface area contributed by atoms with Gasteiger partial charge in [-0.3, -0.25) is 14.7 Å². The van der Waals surface area contributed by atoms with Gasteiger partial charge in [0.05, 0.1) is 32.6 Å². The molecule has 4 rings (SSSR count). The number of nitrogens with zero attached hydrogens (tertiary/aromatic N) is 3. The zero-order valence-corrected chi connectivity index (χ0v) is 18.9. The average Bonchev–Trinajstić information content (AvgIpc) is 3.45. The lowest BCUT2D eigenvalue weighted by atomic mass is 10.0. The van der Waals surface area contributed by atoms with Crippen LogP contribution < -0.4 is 14.8 Å². The summed E-state index contributed by atoms with van der Waals surface area (Å²) in [6.45, 7) is 2.61. The van der Waals surface area contributed by atoms with Crippen molar-refractivity contribution in [3.8, 4) is 11.5 Å². The van der Waals surface area contributed by atoms with E-state index in [0.717, 1.165) is 5.56 Å². The molecule has 2 aromatic carbocycles. The smallest absolute Gasteiger partial charge is 0.251 e. The van der Waals surface area contributed by atoms with Gasteiger partial charge in [0.15, 0.2) is 5.82 Å². The van der Waals surface area contributed by atoms with Crippen molar-refractivity contribution in [2.45, 2.75) is 25.3 Å². The van der Waals surface area contributed by atoms with Gasteiger partial charge >= 0.3 is 0 Å². The van der Waals surface area contributed by atoms with Crippen LogP contribution >= 0.6 is 0 Å². The third-order valence-electron chi connectivity index (χ3n) is 5.74. The lowest BCUT2D eigenvalue weighted by Crippen LogP contribution is -2.40. The summed E-state index contributed by atoms with van der Waals surface area (Å²) in [6, 6.07) is 14.1. The molecule has 0 radical (unpaired) electrons. The van der Waals surface area contributed by atoms with Crippen molar-refractivity contribution in [3.63, 3.8) is 0 Å². The van der Waals surface area contributed by atoms with Crippen molar-refractivity contribution >= 4 is 11.8 Å². The third kappa shape index (κ3) is 5.14. The molecule has 9 heteroatoms. The molecule has 0 bridgehead atoms. The second-order valence-electron chi connectivity index (χ2n) is 8.03. The predicted octanol–water partition coefficient (Wildman–Crippen LogP) is 2.10. The highest BCUT2D eigenvalue weighted by atomic mass is 16.5. The molecule has 1 aromatic heterocycles. The number of carbonyl (C=O) groups excluding carboxylic acids is 2. The van der Waals surface area contributed by atoms with Crippen LogP contribution in [0.5, 0.6) is 11.5 Å². The Morgan fingerprint density at radius 2 is 1.79 bits per heavy atom. The van der Waals surface area contributed by atoms with E-state index in [2.05, 4.69) is 20.5 Å². The Balaban J connectivity index is 1.52. The van der Waals surface area contributed by atoms with Crippen molar-refractivity contribution in [1.29, 1.82) is 0 Å². The number of aryl methyl sites for hydroxylation is 1. The van der Waals surface area contributed by atoms with Crippen LogP contribution in [0.1, 0.15) is 33.5 Å². The van der Waals surface area contributed by atoms with Crippen molar-refractivity contribution in [1.82, 2.24) is 25.4 Å². The van der Waals surface area contributed by atoms with Gasteiger partial charge in [0.1, 0.15) is 17.3 Å². The molecule has 33 heavy (non-hydrogen) atoms. The van der Waals surface area contributed by atoms with Gasteiger partial charge in [0, 0.05) is 24.7 Å². The molecular weight excluding hydrogens is 422 g/mol. The first-order chi connectivity index (χ1) is 16.0. The molecule has 0 saturated carbocycles. The van der Waals surface area contributed by atoms with Crippen molar-refractivity contribution in [3.05, 3.63) is 71.3 Å². The second-order valence-corrected chi connectivity index (χ2v) is 8.03. The first kappa shape index (κ1) is 22.3. The Kier molecular flexibility index (Phi) is 6.58. The molecule has 3 aromatic rings. The topological polar surface area (TPSA) is 109 Å². The highest BCUT2D eigenvalue weighted by Crippen LogP contribution is 2.28. The van der Waals surface area contributed by atoms with E-state index in [1.165, 1.54) is 0 Å². The zero-order chi connectivity index (χ0) is 23.4. The SMILES string of the molecule is COc1cc(CC(=O)N2C[C@@H](NC(=O)c3ccccc3)[C@H](c3n[nH]c(C)n3)C2)cc(OC)c1. The maximum absolute atomic E-state index is 13.2. The summed E-state index contributed by atoms with van der Waals surface area (Å²) in [5.41, 5.74) is 1.36. The van der Waals surface area contributed by atoms with Crippen LogP contribution in [0.15, 0.2) is 48.5 Å². The van der Waals surface area contributed by atoms with E-state index in [1.807, 2.05) is 37.3 Å². The van der Waals surface area contributed by atoms with E-state index in [4.69, 9.17) is 9.47 Å². The highest BCUT2D eigenvalue weighted by molar-refractivity contribution is 5.94. The van der Waals surface area contributed by atoms with Crippen molar-refractivity contribution in [2.24, 2.45) is 0 Å². The standard InChI is InChI=1S/C24H27N5O4/c1-15-25-23(28-27-15)20-13-29(14-21(20)26-24(31)17-7-5-4-6-8-17)22(30)11-16-9-18(32-2)12-19(10-16)33-3/h4-10,12,20-21H,11,13-14H2,1-3H3,(H,26,31)(H,25,27,28)/t20-,21-/m1/s1. The lowest BCUT2D eigenvalue weighted by molar-refractivity contribution is -0.129. The Bertz CT molecular complexity index is 1110. The van der Waals surface area contributed by atoms with Gasteiger partial charge < -0.3 is 19.7 Å². The molecule has 0 aliphatic carbocycles. The molecular formula is C24H27N5O4. The average molecular weight is 450 g/mol. The maximum Gasteiger partial charge on any atom is 0.251 e. The first-order valence-corrected chi connectivity index (χ1v) is 10.7. The molecule has 1 aliphatic rings. The first-order valence-electron chi connectivity index (χ1n) is 10.7. The van der Waals surface area contributed by atoms with Gasteiger partial charge in [-0.2, -0.15) is 5.10 Å². The number of aromatic amines is 1. The minimum atomic E-state index is -0.309. The zero-order valence-electron chi connectivity index (χ0n) is 18.9.